The Bertz CT molecular complexity index is 446. The van der Waals surface area contributed by atoms with Crippen LogP contribution in [0.1, 0.15) is 44.6 Å². The zero-order chi connectivity index (χ0) is 13.2. The number of aromatic nitrogens is 2. The average molecular weight is 260 g/mol. The van der Waals surface area contributed by atoms with Gasteiger partial charge >= 0.3 is 0 Å². The Hall–Kier alpha value is -1.32. The van der Waals surface area contributed by atoms with Crippen LogP contribution in [0.5, 0.6) is 0 Å². The van der Waals surface area contributed by atoms with Gasteiger partial charge < -0.3 is 10.2 Å². The Kier molecular flexibility index (Phi) is 3.58. The molecule has 4 nitrogen and oxygen atoms in total. The van der Waals surface area contributed by atoms with E-state index in [0.717, 1.165) is 36.7 Å². The standard InChI is InChI=1S/C15H24N4/c1-3-16-14-11(2)15(18-10-17-14)19-9-5-7-12-6-4-8-13(12)19/h10,12-13H,3-9H2,1-2H3,(H,16,17,18). The monoisotopic (exact) mass is 260 g/mol. The molecule has 1 aromatic rings. The maximum atomic E-state index is 4.58. The fourth-order valence-electron chi connectivity index (χ4n) is 3.79. The molecule has 3 rings (SSSR count). The van der Waals surface area contributed by atoms with Crippen molar-refractivity contribution < 1.29 is 0 Å². The Balaban J connectivity index is 1.90. The van der Waals surface area contributed by atoms with Gasteiger partial charge in [-0.3, -0.25) is 0 Å². The lowest BCUT2D eigenvalue weighted by Gasteiger charge is -2.39. The first-order valence-electron chi connectivity index (χ1n) is 7.63. The van der Waals surface area contributed by atoms with Crippen molar-refractivity contribution in [2.45, 2.75) is 52.0 Å². The molecule has 19 heavy (non-hydrogen) atoms. The molecule has 2 heterocycles. The summed E-state index contributed by atoms with van der Waals surface area (Å²) in [6.07, 6.45) is 8.55. The lowest BCUT2D eigenvalue weighted by Crippen LogP contribution is -2.43. The van der Waals surface area contributed by atoms with Crippen LogP contribution in [0.15, 0.2) is 6.33 Å². The highest BCUT2D eigenvalue weighted by Gasteiger charge is 2.36. The molecule has 4 heteroatoms. The van der Waals surface area contributed by atoms with Crippen molar-refractivity contribution >= 4 is 11.6 Å². The van der Waals surface area contributed by atoms with Crippen LogP contribution < -0.4 is 10.2 Å². The van der Waals surface area contributed by atoms with Crippen molar-refractivity contribution in [3.05, 3.63) is 11.9 Å². The molecule has 0 radical (unpaired) electrons. The molecular weight excluding hydrogens is 236 g/mol. The Labute approximate surface area is 115 Å². The molecule has 1 saturated heterocycles. The maximum absolute atomic E-state index is 4.58. The first-order valence-corrected chi connectivity index (χ1v) is 7.63. The first kappa shape index (κ1) is 12.7. The lowest BCUT2D eigenvalue weighted by atomic mass is 9.92. The highest BCUT2D eigenvalue weighted by Crippen LogP contribution is 2.39. The molecule has 104 valence electrons. The fraction of sp³-hybridized carbons (Fsp3) is 0.733. The van der Waals surface area contributed by atoms with Crippen LogP contribution in [0, 0.1) is 12.8 Å². The molecule has 2 aliphatic rings. The van der Waals surface area contributed by atoms with Crippen LogP contribution in [0.2, 0.25) is 0 Å². The van der Waals surface area contributed by atoms with Gasteiger partial charge in [-0.15, -0.1) is 0 Å². The first-order chi connectivity index (χ1) is 9.31. The second kappa shape index (κ2) is 5.35. The number of nitrogens with zero attached hydrogens (tertiary/aromatic N) is 3. The number of anilines is 2. The highest BCUT2D eigenvalue weighted by molar-refractivity contribution is 5.58. The molecular formula is C15H24N4. The minimum Gasteiger partial charge on any atom is -0.370 e. The molecule has 2 atom stereocenters. The molecule has 1 N–H and O–H groups in total. The lowest BCUT2D eigenvalue weighted by molar-refractivity contribution is 0.360. The summed E-state index contributed by atoms with van der Waals surface area (Å²) in [5.74, 6) is 3.04. The number of rotatable bonds is 3. The van der Waals surface area contributed by atoms with Gasteiger partial charge in [-0.05, 0) is 45.4 Å². The van der Waals surface area contributed by atoms with E-state index in [-0.39, 0.29) is 0 Å². The number of hydrogen-bond acceptors (Lipinski definition) is 4. The van der Waals surface area contributed by atoms with E-state index in [9.17, 15) is 0 Å². The highest BCUT2D eigenvalue weighted by atomic mass is 15.2. The van der Waals surface area contributed by atoms with Crippen LogP contribution in [0.4, 0.5) is 11.6 Å². The van der Waals surface area contributed by atoms with Gasteiger partial charge in [0.2, 0.25) is 0 Å². The van der Waals surface area contributed by atoms with Gasteiger partial charge in [-0.25, -0.2) is 9.97 Å². The van der Waals surface area contributed by atoms with E-state index in [1.165, 1.54) is 37.7 Å². The fourth-order valence-corrected chi connectivity index (χ4v) is 3.79. The third-order valence-electron chi connectivity index (χ3n) is 4.67. The van der Waals surface area contributed by atoms with Gasteiger partial charge in [0, 0.05) is 24.7 Å². The zero-order valence-electron chi connectivity index (χ0n) is 12.0. The van der Waals surface area contributed by atoms with E-state index in [4.69, 9.17) is 0 Å². The summed E-state index contributed by atoms with van der Waals surface area (Å²) in [5, 5.41) is 3.34. The predicted molar refractivity (Wildman–Crippen MR) is 78.6 cm³/mol. The number of hydrogen-bond donors (Lipinski definition) is 1. The van der Waals surface area contributed by atoms with Gasteiger partial charge in [0.05, 0.1) is 0 Å². The van der Waals surface area contributed by atoms with Crippen molar-refractivity contribution in [2.75, 3.05) is 23.3 Å². The molecule has 2 fully saturated rings. The molecule has 0 amide bonds. The van der Waals surface area contributed by atoms with Gasteiger partial charge in [0.15, 0.2) is 0 Å². The van der Waals surface area contributed by atoms with Gasteiger partial charge in [-0.1, -0.05) is 6.42 Å². The smallest absolute Gasteiger partial charge is 0.137 e. The van der Waals surface area contributed by atoms with E-state index in [0.29, 0.717) is 0 Å². The molecule has 2 unspecified atom stereocenters. The van der Waals surface area contributed by atoms with E-state index >= 15 is 0 Å². The van der Waals surface area contributed by atoms with Gasteiger partial charge in [0.25, 0.3) is 0 Å². The van der Waals surface area contributed by atoms with Crippen molar-refractivity contribution in [3.63, 3.8) is 0 Å². The van der Waals surface area contributed by atoms with Gasteiger partial charge in [-0.2, -0.15) is 0 Å². The molecule has 1 aromatic heterocycles. The topological polar surface area (TPSA) is 41.1 Å². The minimum atomic E-state index is 0.719. The number of nitrogens with one attached hydrogen (secondary N) is 1. The molecule has 1 aliphatic carbocycles. The summed E-state index contributed by atoms with van der Waals surface area (Å²) in [7, 11) is 0. The normalized spacial score (nSPS) is 26.3. The van der Waals surface area contributed by atoms with E-state index in [1.807, 2.05) is 0 Å². The number of piperidine rings is 1. The summed E-state index contributed by atoms with van der Waals surface area (Å²) in [5.41, 5.74) is 1.21. The van der Waals surface area contributed by atoms with E-state index < -0.39 is 0 Å². The van der Waals surface area contributed by atoms with E-state index in [2.05, 4.69) is 34.0 Å². The molecule has 0 spiro atoms. The van der Waals surface area contributed by atoms with Crippen LogP contribution in [-0.2, 0) is 0 Å². The van der Waals surface area contributed by atoms with Crippen LogP contribution in [0.25, 0.3) is 0 Å². The summed E-state index contributed by atoms with van der Waals surface area (Å²) in [6, 6.07) is 0.719. The summed E-state index contributed by atoms with van der Waals surface area (Å²) >= 11 is 0. The molecule has 1 saturated carbocycles. The van der Waals surface area contributed by atoms with Crippen molar-refractivity contribution in [1.82, 2.24) is 9.97 Å². The summed E-state index contributed by atoms with van der Waals surface area (Å²) in [6.45, 7) is 6.31. The number of fused-ring (bicyclic) bond motifs is 1. The summed E-state index contributed by atoms with van der Waals surface area (Å²) < 4.78 is 0. The van der Waals surface area contributed by atoms with Gasteiger partial charge in [0.1, 0.15) is 18.0 Å². The third-order valence-corrected chi connectivity index (χ3v) is 4.67. The van der Waals surface area contributed by atoms with Crippen molar-refractivity contribution in [2.24, 2.45) is 5.92 Å². The molecule has 0 aromatic carbocycles. The average Bonchev–Trinajstić information content (AvgIpc) is 2.90. The second-order valence-corrected chi connectivity index (χ2v) is 5.80. The molecule has 0 bridgehead atoms. The van der Waals surface area contributed by atoms with Crippen LogP contribution >= 0.6 is 0 Å². The Morgan fingerprint density at radius 2 is 2.11 bits per heavy atom. The SMILES string of the molecule is CCNc1ncnc(N2CCCC3CCCC32)c1C. The van der Waals surface area contributed by atoms with Crippen molar-refractivity contribution in [3.8, 4) is 0 Å². The zero-order valence-corrected chi connectivity index (χ0v) is 12.0. The Morgan fingerprint density at radius 1 is 1.26 bits per heavy atom. The van der Waals surface area contributed by atoms with Crippen LogP contribution in [0.3, 0.4) is 0 Å². The second-order valence-electron chi connectivity index (χ2n) is 5.80. The van der Waals surface area contributed by atoms with E-state index in [1.54, 1.807) is 6.33 Å². The maximum Gasteiger partial charge on any atom is 0.137 e. The minimum absolute atomic E-state index is 0.719. The quantitative estimate of drug-likeness (QED) is 0.907. The van der Waals surface area contributed by atoms with Crippen molar-refractivity contribution in [1.29, 1.82) is 0 Å². The Morgan fingerprint density at radius 3 is 2.95 bits per heavy atom. The largest absolute Gasteiger partial charge is 0.370 e. The summed E-state index contributed by atoms with van der Waals surface area (Å²) in [4.78, 5) is 11.5. The molecule has 1 aliphatic heterocycles. The van der Waals surface area contributed by atoms with Crippen LogP contribution in [-0.4, -0.2) is 29.1 Å². The predicted octanol–water partition coefficient (Wildman–Crippen LogP) is 2.99. The third kappa shape index (κ3) is 2.28.